The Hall–Kier alpha value is -1.92. The molecule has 2 N–H and O–H groups in total. The van der Waals surface area contributed by atoms with Crippen molar-refractivity contribution in [2.75, 3.05) is 13.1 Å². The number of nitrogens with zero attached hydrogens (tertiary/aromatic N) is 3. The smallest absolute Gasteiger partial charge is 0.223 e. The standard InChI is InChI=1S/C16H21N3O3/c1-16(22)7-9-19(11-13(16)20)15(21)6-5-12-10-18-8-3-2-4-14(18)17-12/h2-4,8,10,13,20,22H,5-7,9,11H2,1H3. The molecule has 2 unspecified atom stereocenters. The molecule has 2 aromatic heterocycles. The van der Waals surface area contributed by atoms with Gasteiger partial charge < -0.3 is 19.5 Å². The second kappa shape index (κ2) is 5.70. The number of aryl methyl sites for hydroxylation is 1. The topological polar surface area (TPSA) is 78.1 Å². The fraction of sp³-hybridized carbons (Fsp3) is 0.500. The molecule has 0 aliphatic carbocycles. The predicted molar refractivity (Wildman–Crippen MR) is 81.3 cm³/mol. The molecule has 0 aromatic carbocycles. The van der Waals surface area contributed by atoms with E-state index in [-0.39, 0.29) is 12.5 Å². The van der Waals surface area contributed by atoms with E-state index in [1.165, 1.54) is 0 Å². The molecule has 3 heterocycles. The van der Waals surface area contributed by atoms with Crippen LogP contribution in [0.15, 0.2) is 30.6 Å². The van der Waals surface area contributed by atoms with Gasteiger partial charge in [-0.25, -0.2) is 4.98 Å². The van der Waals surface area contributed by atoms with E-state index in [0.717, 1.165) is 11.3 Å². The van der Waals surface area contributed by atoms with Gasteiger partial charge in [-0.15, -0.1) is 0 Å². The van der Waals surface area contributed by atoms with Gasteiger partial charge >= 0.3 is 0 Å². The summed E-state index contributed by atoms with van der Waals surface area (Å²) in [6.45, 7) is 2.28. The van der Waals surface area contributed by atoms with E-state index < -0.39 is 11.7 Å². The van der Waals surface area contributed by atoms with Crippen LogP contribution in [0.2, 0.25) is 0 Å². The summed E-state index contributed by atoms with van der Waals surface area (Å²) in [7, 11) is 0. The number of hydrogen-bond donors (Lipinski definition) is 2. The van der Waals surface area contributed by atoms with E-state index in [4.69, 9.17) is 0 Å². The zero-order chi connectivity index (χ0) is 15.7. The van der Waals surface area contributed by atoms with E-state index in [1.54, 1.807) is 11.8 Å². The second-order valence-corrected chi connectivity index (χ2v) is 6.16. The van der Waals surface area contributed by atoms with Crippen LogP contribution in [-0.2, 0) is 11.2 Å². The molecule has 6 nitrogen and oxygen atoms in total. The number of imidazole rings is 1. The normalized spacial score (nSPS) is 25.6. The van der Waals surface area contributed by atoms with Gasteiger partial charge in [0.05, 0.1) is 17.4 Å². The fourth-order valence-electron chi connectivity index (χ4n) is 2.75. The Kier molecular flexibility index (Phi) is 3.88. The second-order valence-electron chi connectivity index (χ2n) is 6.16. The summed E-state index contributed by atoms with van der Waals surface area (Å²) in [4.78, 5) is 18.3. The SMILES string of the molecule is CC1(O)CCN(C(=O)CCc2cn3ccccc3n2)CC1O. The van der Waals surface area contributed by atoms with Crippen molar-refractivity contribution in [2.45, 2.75) is 37.9 Å². The Bertz CT molecular complexity index is 647. The Morgan fingerprint density at radius 1 is 1.50 bits per heavy atom. The first kappa shape index (κ1) is 15.0. The van der Waals surface area contributed by atoms with Crippen LogP contribution >= 0.6 is 0 Å². The number of rotatable bonds is 3. The number of carbonyl (C=O) groups excluding carboxylic acids is 1. The lowest BCUT2D eigenvalue weighted by Gasteiger charge is -2.39. The van der Waals surface area contributed by atoms with E-state index in [9.17, 15) is 15.0 Å². The van der Waals surface area contributed by atoms with Crippen molar-refractivity contribution < 1.29 is 15.0 Å². The Morgan fingerprint density at radius 3 is 3.05 bits per heavy atom. The van der Waals surface area contributed by atoms with Crippen LogP contribution in [0.3, 0.4) is 0 Å². The molecule has 0 radical (unpaired) electrons. The average Bonchev–Trinajstić information content (AvgIpc) is 2.90. The van der Waals surface area contributed by atoms with Crippen molar-refractivity contribution in [3.63, 3.8) is 0 Å². The predicted octanol–water partition coefficient (Wildman–Crippen LogP) is 0.611. The van der Waals surface area contributed by atoms with E-state index >= 15 is 0 Å². The minimum Gasteiger partial charge on any atom is -0.388 e. The highest BCUT2D eigenvalue weighted by atomic mass is 16.3. The van der Waals surface area contributed by atoms with Gasteiger partial charge in [-0.2, -0.15) is 0 Å². The van der Waals surface area contributed by atoms with Crippen LogP contribution in [0.5, 0.6) is 0 Å². The fourth-order valence-corrected chi connectivity index (χ4v) is 2.75. The zero-order valence-electron chi connectivity index (χ0n) is 12.6. The summed E-state index contributed by atoms with van der Waals surface area (Å²) in [5, 5.41) is 19.8. The number of piperidine rings is 1. The molecule has 0 spiro atoms. The molecular formula is C16H21N3O3. The Morgan fingerprint density at radius 2 is 2.32 bits per heavy atom. The first-order valence-corrected chi connectivity index (χ1v) is 7.56. The minimum absolute atomic E-state index is 0.00777. The van der Waals surface area contributed by atoms with Gasteiger partial charge in [0.15, 0.2) is 0 Å². The third-order valence-corrected chi connectivity index (χ3v) is 4.36. The lowest BCUT2D eigenvalue weighted by Crippen LogP contribution is -2.55. The molecule has 2 atom stereocenters. The molecule has 1 fully saturated rings. The maximum atomic E-state index is 12.2. The highest BCUT2D eigenvalue weighted by molar-refractivity contribution is 5.76. The lowest BCUT2D eigenvalue weighted by atomic mass is 9.90. The van der Waals surface area contributed by atoms with Crippen LogP contribution in [0.1, 0.15) is 25.5 Å². The molecule has 1 amide bonds. The molecule has 0 saturated carbocycles. The van der Waals surface area contributed by atoms with Gasteiger partial charge in [0.1, 0.15) is 5.65 Å². The number of amides is 1. The third kappa shape index (κ3) is 2.98. The first-order valence-electron chi connectivity index (χ1n) is 7.56. The van der Waals surface area contributed by atoms with Crippen LogP contribution in [0.25, 0.3) is 5.65 Å². The monoisotopic (exact) mass is 303 g/mol. The average molecular weight is 303 g/mol. The van der Waals surface area contributed by atoms with Crippen LogP contribution in [-0.4, -0.2) is 55.2 Å². The highest BCUT2D eigenvalue weighted by Crippen LogP contribution is 2.22. The number of aliphatic hydroxyl groups excluding tert-OH is 1. The van der Waals surface area contributed by atoms with Gasteiger partial charge in [0.2, 0.25) is 5.91 Å². The zero-order valence-corrected chi connectivity index (χ0v) is 12.6. The lowest BCUT2D eigenvalue weighted by molar-refractivity contribution is -0.146. The summed E-state index contributed by atoms with van der Waals surface area (Å²) in [6.07, 6.45) is 4.30. The van der Waals surface area contributed by atoms with E-state index in [0.29, 0.717) is 25.8 Å². The van der Waals surface area contributed by atoms with Crippen molar-refractivity contribution in [1.82, 2.24) is 14.3 Å². The maximum absolute atomic E-state index is 12.2. The summed E-state index contributed by atoms with van der Waals surface area (Å²) in [5.41, 5.74) is 0.650. The minimum atomic E-state index is -1.10. The highest BCUT2D eigenvalue weighted by Gasteiger charge is 2.37. The number of hydrogen-bond acceptors (Lipinski definition) is 4. The van der Waals surface area contributed by atoms with Crippen LogP contribution in [0.4, 0.5) is 0 Å². The maximum Gasteiger partial charge on any atom is 0.223 e. The molecule has 0 bridgehead atoms. The van der Waals surface area contributed by atoms with Crippen LogP contribution in [0, 0.1) is 0 Å². The van der Waals surface area contributed by atoms with Crippen molar-refractivity contribution in [3.8, 4) is 0 Å². The molecule has 2 aromatic rings. The van der Waals surface area contributed by atoms with Crippen molar-refractivity contribution in [1.29, 1.82) is 0 Å². The number of pyridine rings is 1. The quantitative estimate of drug-likeness (QED) is 0.871. The van der Waals surface area contributed by atoms with Gasteiger partial charge in [-0.05, 0) is 31.9 Å². The molecule has 1 saturated heterocycles. The Balaban J connectivity index is 1.58. The number of β-amino-alcohol motifs (C(OH)–C–C–N with tert-alkyl or cyclic N) is 1. The van der Waals surface area contributed by atoms with Crippen molar-refractivity contribution >= 4 is 11.6 Å². The summed E-state index contributed by atoms with van der Waals surface area (Å²) < 4.78 is 1.93. The number of likely N-dealkylation sites (tertiary alicyclic amines) is 1. The molecule has 1 aliphatic rings. The third-order valence-electron chi connectivity index (χ3n) is 4.36. The number of carbonyl (C=O) groups is 1. The molecular weight excluding hydrogens is 282 g/mol. The molecule has 22 heavy (non-hydrogen) atoms. The largest absolute Gasteiger partial charge is 0.388 e. The van der Waals surface area contributed by atoms with E-state index in [2.05, 4.69) is 4.98 Å². The van der Waals surface area contributed by atoms with Crippen molar-refractivity contribution in [2.24, 2.45) is 0 Å². The van der Waals surface area contributed by atoms with Gasteiger partial charge in [-0.3, -0.25) is 4.79 Å². The number of aromatic nitrogens is 2. The molecule has 1 aliphatic heterocycles. The first-order chi connectivity index (χ1) is 10.5. The Labute approximate surface area is 129 Å². The molecule has 118 valence electrons. The van der Waals surface area contributed by atoms with Crippen molar-refractivity contribution in [3.05, 3.63) is 36.3 Å². The van der Waals surface area contributed by atoms with Gasteiger partial charge in [0.25, 0.3) is 0 Å². The summed E-state index contributed by atoms with van der Waals surface area (Å²) >= 11 is 0. The summed E-state index contributed by atoms with van der Waals surface area (Å²) in [6, 6.07) is 5.79. The van der Waals surface area contributed by atoms with E-state index in [1.807, 2.05) is 35.0 Å². The molecule has 3 rings (SSSR count). The number of fused-ring (bicyclic) bond motifs is 1. The van der Waals surface area contributed by atoms with Crippen LogP contribution < -0.4 is 0 Å². The summed E-state index contributed by atoms with van der Waals surface area (Å²) in [5.74, 6) is -0.00777. The molecule has 6 heteroatoms. The van der Waals surface area contributed by atoms with Gasteiger partial charge in [0, 0.05) is 31.9 Å². The number of aliphatic hydroxyl groups is 2. The van der Waals surface area contributed by atoms with Gasteiger partial charge in [-0.1, -0.05) is 6.07 Å².